The zero-order valence-corrected chi connectivity index (χ0v) is 15.3. The summed E-state index contributed by atoms with van der Waals surface area (Å²) in [6, 6.07) is 20.4. The van der Waals surface area contributed by atoms with E-state index < -0.39 is 0 Å². The maximum atomic E-state index is 5.87. The summed E-state index contributed by atoms with van der Waals surface area (Å²) in [7, 11) is 0. The lowest BCUT2D eigenvalue weighted by Crippen LogP contribution is -2.41. The SMILES string of the molecule is Cl.c1ccc(COc2ccc(C3CC3NC3CCNCC3)cc2)cc1. The Kier molecular flexibility index (Phi) is 6.35. The summed E-state index contributed by atoms with van der Waals surface area (Å²) in [6.45, 7) is 2.94. The fourth-order valence-corrected chi connectivity index (χ4v) is 3.59. The molecule has 2 N–H and O–H groups in total. The molecule has 134 valence electrons. The lowest BCUT2D eigenvalue weighted by molar-refractivity contribution is 0.306. The smallest absolute Gasteiger partial charge is 0.119 e. The van der Waals surface area contributed by atoms with Crippen molar-refractivity contribution >= 4 is 12.4 Å². The van der Waals surface area contributed by atoms with Gasteiger partial charge < -0.3 is 15.4 Å². The Morgan fingerprint density at radius 2 is 1.68 bits per heavy atom. The fraction of sp³-hybridized carbons (Fsp3) is 0.429. The largest absolute Gasteiger partial charge is 0.489 e. The average molecular weight is 359 g/mol. The molecule has 0 aromatic heterocycles. The monoisotopic (exact) mass is 358 g/mol. The third-order valence-electron chi connectivity index (χ3n) is 5.14. The van der Waals surface area contributed by atoms with E-state index in [1.165, 1.54) is 30.4 Å². The Bertz CT molecular complexity index is 641. The van der Waals surface area contributed by atoms with Crippen molar-refractivity contribution in [3.63, 3.8) is 0 Å². The highest BCUT2D eigenvalue weighted by molar-refractivity contribution is 5.85. The molecular weight excluding hydrogens is 332 g/mol. The van der Waals surface area contributed by atoms with Crippen LogP contribution in [0.4, 0.5) is 0 Å². The Morgan fingerprint density at radius 1 is 0.960 bits per heavy atom. The topological polar surface area (TPSA) is 33.3 Å². The quantitative estimate of drug-likeness (QED) is 0.822. The predicted molar refractivity (Wildman–Crippen MR) is 105 cm³/mol. The Morgan fingerprint density at radius 3 is 2.40 bits per heavy atom. The minimum Gasteiger partial charge on any atom is -0.489 e. The Hall–Kier alpha value is -1.55. The molecule has 2 fully saturated rings. The van der Waals surface area contributed by atoms with Crippen LogP contribution >= 0.6 is 12.4 Å². The molecular formula is C21H27ClN2O. The van der Waals surface area contributed by atoms with Crippen LogP contribution in [0.1, 0.15) is 36.3 Å². The van der Waals surface area contributed by atoms with Gasteiger partial charge in [-0.3, -0.25) is 0 Å². The maximum absolute atomic E-state index is 5.87. The number of hydrogen-bond acceptors (Lipinski definition) is 3. The fourth-order valence-electron chi connectivity index (χ4n) is 3.59. The van der Waals surface area contributed by atoms with Crippen molar-refractivity contribution < 1.29 is 4.74 Å². The van der Waals surface area contributed by atoms with Gasteiger partial charge in [-0.1, -0.05) is 42.5 Å². The van der Waals surface area contributed by atoms with Crippen molar-refractivity contribution in [2.24, 2.45) is 0 Å². The molecule has 25 heavy (non-hydrogen) atoms. The van der Waals surface area contributed by atoms with Gasteiger partial charge in [0.1, 0.15) is 12.4 Å². The number of nitrogens with one attached hydrogen (secondary N) is 2. The molecule has 2 atom stereocenters. The van der Waals surface area contributed by atoms with Crippen LogP contribution in [0.15, 0.2) is 54.6 Å². The summed E-state index contributed by atoms with van der Waals surface area (Å²) in [5.74, 6) is 1.63. The van der Waals surface area contributed by atoms with E-state index in [2.05, 4.69) is 47.0 Å². The zero-order valence-electron chi connectivity index (χ0n) is 14.5. The second-order valence-corrected chi connectivity index (χ2v) is 6.98. The molecule has 2 aromatic rings. The maximum Gasteiger partial charge on any atom is 0.119 e. The van der Waals surface area contributed by atoms with Crippen molar-refractivity contribution in [3.8, 4) is 5.75 Å². The van der Waals surface area contributed by atoms with Crippen molar-refractivity contribution in [3.05, 3.63) is 65.7 Å². The molecule has 2 aromatic carbocycles. The second kappa shape index (κ2) is 8.70. The number of ether oxygens (including phenoxy) is 1. The van der Waals surface area contributed by atoms with Crippen LogP contribution in [-0.4, -0.2) is 25.2 Å². The third kappa shape index (κ3) is 4.97. The lowest BCUT2D eigenvalue weighted by atomic mass is 10.1. The number of benzene rings is 2. The highest BCUT2D eigenvalue weighted by atomic mass is 35.5. The molecule has 0 amide bonds. The highest BCUT2D eigenvalue weighted by Crippen LogP contribution is 2.41. The van der Waals surface area contributed by atoms with Gasteiger partial charge >= 0.3 is 0 Å². The first kappa shape index (κ1) is 18.2. The first-order chi connectivity index (χ1) is 11.9. The van der Waals surface area contributed by atoms with Gasteiger partial charge in [0, 0.05) is 18.0 Å². The van der Waals surface area contributed by atoms with E-state index in [0.717, 1.165) is 18.8 Å². The van der Waals surface area contributed by atoms with Crippen LogP contribution in [0, 0.1) is 0 Å². The zero-order chi connectivity index (χ0) is 16.2. The molecule has 1 aliphatic carbocycles. The second-order valence-electron chi connectivity index (χ2n) is 6.98. The minimum absolute atomic E-state index is 0. The molecule has 4 heteroatoms. The molecule has 4 rings (SSSR count). The van der Waals surface area contributed by atoms with Crippen molar-refractivity contribution in [2.75, 3.05) is 13.1 Å². The molecule has 1 saturated heterocycles. The summed E-state index contributed by atoms with van der Waals surface area (Å²) in [5, 5.41) is 7.26. The Labute approximate surface area is 156 Å². The molecule has 0 radical (unpaired) electrons. The van der Waals surface area contributed by atoms with Gasteiger partial charge in [-0.25, -0.2) is 0 Å². The van der Waals surface area contributed by atoms with E-state index in [0.29, 0.717) is 24.6 Å². The summed E-state index contributed by atoms with van der Waals surface area (Å²) >= 11 is 0. The van der Waals surface area contributed by atoms with Crippen molar-refractivity contribution in [2.45, 2.75) is 43.9 Å². The van der Waals surface area contributed by atoms with Gasteiger partial charge in [-0.05, 0) is 55.6 Å². The number of hydrogen-bond donors (Lipinski definition) is 2. The van der Waals surface area contributed by atoms with Crippen LogP contribution in [0.2, 0.25) is 0 Å². The number of halogens is 1. The lowest BCUT2D eigenvalue weighted by Gasteiger charge is -2.24. The first-order valence-electron chi connectivity index (χ1n) is 9.12. The minimum atomic E-state index is 0. The van der Waals surface area contributed by atoms with E-state index in [1.54, 1.807) is 0 Å². The molecule has 3 nitrogen and oxygen atoms in total. The number of piperidine rings is 1. The number of rotatable bonds is 6. The summed E-state index contributed by atoms with van der Waals surface area (Å²) in [5.41, 5.74) is 2.64. The van der Waals surface area contributed by atoms with E-state index in [9.17, 15) is 0 Å². The van der Waals surface area contributed by atoms with Gasteiger partial charge in [-0.15, -0.1) is 12.4 Å². The van der Waals surface area contributed by atoms with Crippen LogP contribution in [-0.2, 0) is 6.61 Å². The highest BCUT2D eigenvalue weighted by Gasteiger charge is 2.39. The van der Waals surface area contributed by atoms with Crippen LogP contribution in [0.3, 0.4) is 0 Å². The van der Waals surface area contributed by atoms with Gasteiger partial charge in [0.05, 0.1) is 0 Å². The summed E-state index contributed by atoms with van der Waals surface area (Å²) < 4.78 is 5.87. The van der Waals surface area contributed by atoms with Crippen LogP contribution in [0.25, 0.3) is 0 Å². The van der Waals surface area contributed by atoms with Crippen LogP contribution in [0.5, 0.6) is 5.75 Å². The van der Waals surface area contributed by atoms with Crippen LogP contribution < -0.4 is 15.4 Å². The molecule has 1 heterocycles. The first-order valence-corrected chi connectivity index (χ1v) is 9.12. The van der Waals surface area contributed by atoms with E-state index in [4.69, 9.17) is 4.74 Å². The predicted octanol–water partition coefficient (Wildman–Crippen LogP) is 3.88. The molecule has 1 saturated carbocycles. The Balaban J connectivity index is 0.00000182. The molecule has 2 unspecified atom stereocenters. The van der Waals surface area contributed by atoms with Gasteiger partial charge in [0.15, 0.2) is 0 Å². The van der Waals surface area contributed by atoms with E-state index in [-0.39, 0.29) is 12.4 Å². The molecule has 2 aliphatic rings. The van der Waals surface area contributed by atoms with Crippen molar-refractivity contribution in [1.29, 1.82) is 0 Å². The van der Waals surface area contributed by atoms with Gasteiger partial charge in [-0.2, -0.15) is 0 Å². The summed E-state index contributed by atoms with van der Waals surface area (Å²) in [6.07, 6.45) is 3.79. The third-order valence-corrected chi connectivity index (χ3v) is 5.14. The average Bonchev–Trinajstić information content (AvgIpc) is 3.41. The van der Waals surface area contributed by atoms with E-state index >= 15 is 0 Å². The molecule has 0 spiro atoms. The van der Waals surface area contributed by atoms with E-state index in [1.807, 2.05) is 18.2 Å². The standard InChI is InChI=1S/C21H26N2O.ClH/c1-2-4-16(5-3-1)15-24-19-8-6-17(7-9-19)20-14-21(20)23-18-10-12-22-13-11-18;/h1-9,18,20-23H,10-15H2;1H. The molecule has 1 aliphatic heterocycles. The van der Waals surface area contributed by atoms with Gasteiger partial charge in [0.25, 0.3) is 0 Å². The van der Waals surface area contributed by atoms with Gasteiger partial charge in [0.2, 0.25) is 0 Å². The normalized spacial score (nSPS) is 22.9. The van der Waals surface area contributed by atoms with Crippen molar-refractivity contribution in [1.82, 2.24) is 10.6 Å². The molecule has 0 bridgehead atoms. The summed E-state index contributed by atoms with van der Waals surface area (Å²) in [4.78, 5) is 0.